The second kappa shape index (κ2) is 6.81. The third kappa shape index (κ3) is 4.18. The van der Waals surface area contributed by atoms with E-state index >= 15 is 0 Å². The number of aryl methyl sites for hydroxylation is 2. The van der Waals surface area contributed by atoms with Crippen molar-refractivity contribution in [1.82, 2.24) is 9.88 Å². The Bertz CT molecular complexity index is 813. The van der Waals surface area contributed by atoms with Gasteiger partial charge in [-0.25, -0.2) is 8.42 Å². The van der Waals surface area contributed by atoms with Crippen LogP contribution in [-0.4, -0.2) is 25.5 Å². The summed E-state index contributed by atoms with van der Waals surface area (Å²) in [6, 6.07) is 6.04. The Morgan fingerprint density at radius 1 is 1.35 bits per heavy atom. The molecule has 2 N–H and O–H groups in total. The van der Waals surface area contributed by atoms with Crippen LogP contribution in [0.25, 0.3) is 0 Å². The molecule has 2 rings (SSSR count). The average molecular weight is 402 g/mol. The average Bonchev–Trinajstić information content (AvgIpc) is 2.78. The van der Waals surface area contributed by atoms with Crippen LogP contribution in [0.5, 0.6) is 0 Å². The molecule has 1 unspecified atom stereocenters. The second-order valence-electron chi connectivity index (χ2n) is 5.00. The number of carbonyl (C=O) groups excluding carboxylic acids is 1. The fourth-order valence-electron chi connectivity index (χ4n) is 2.02. The van der Waals surface area contributed by atoms with Gasteiger partial charge >= 0.3 is 0 Å². The third-order valence-corrected chi connectivity index (χ3v) is 5.33. The number of hydrogen-bond donors (Lipinski definition) is 2. The Hall–Kier alpha value is -1.71. The van der Waals surface area contributed by atoms with E-state index in [2.05, 4.69) is 31.1 Å². The van der Waals surface area contributed by atoms with E-state index in [-0.39, 0.29) is 16.3 Å². The lowest BCUT2D eigenvalue weighted by atomic mass is 10.3. The van der Waals surface area contributed by atoms with Crippen LogP contribution in [0.2, 0.25) is 0 Å². The van der Waals surface area contributed by atoms with E-state index in [9.17, 15) is 13.2 Å². The smallest absolute Gasteiger partial charge is 0.246 e. The molecule has 0 saturated heterocycles. The van der Waals surface area contributed by atoms with Gasteiger partial charge < -0.3 is 9.84 Å². The number of benzene rings is 1. The molecule has 7 nitrogen and oxygen atoms in total. The molecule has 0 fully saturated rings. The molecule has 9 heteroatoms. The molecule has 1 amide bonds. The Kier molecular flexibility index (Phi) is 5.23. The summed E-state index contributed by atoms with van der Waals surface area (Å²) in [5.41, 5.74) is 0.808. The molecule has 0 aliphatic rings. The standard InChI is InChI=1S/C14H16BrN3O4S/c1-8-13(10(3)22-17-8)23(20,21)18-9(2)14(19)16-12-6-4-5-11(15)7-12/h4-7,9,18H,1-3H3,(H,16,19). The summed E-state index contributed by atoms with van der Waals surface area (Å²) in [5, 5.41) is 6.26. The molecule has 0 aliphatic heterocycles. The Balaban J connectivity index is 2.12. The molecule has 23 heavy (non-hydrogen) atoms. The molecule has 2 aromatic rings. The van der Waals surface area contributed by atoms with E-state index in [0.717, 1.165) is 4.47 Å². The zero-order chi connectivity index (χ0) is 17.2. The third-order valence-electron chi connectivity index (χ3n) is 3.05. The van der Waals surface area contributed by atoms with Gasteiger partial charge in [0.2, 0.25) is 15.9 Å². The van der Waals surface area contributed by atoms with Gasteiger partial charge in [0.15, 0.2) is 5.76 Å². The number of nitrogens with one attached hydrogen (secondary N) is 2. The van der Waals surface area contributed by atoms with Crippen LogP contribution in [0.4, 0.5) is 5.69 Å². The number of aromatic nitrogens is 1. The molecular weight excluding hydrogens is 386 g/mol. The van der Waals surface area contributed by atoms with E-state index in [0.29, 0.717) is 5.69 Å². The van der Waals surface area contributed by atoms with Gasteiger partial charge in [0.1, 0.15) is 10.6 Å². The van der Waals surface area contributed by atoms with Gasteiger partial charge in [-0.05, 0) is 39.0 Å². The Labute approximate surface area is 142 Å². The first-order chi connectivity index (χ1) is 10.7. The fraction of sp³-hybridized carbons (Fsp3) is 0.286. The van der Waals surface area contributed by atoms with Crippen LogP contribution in [0.15, 0.2) is 38.2 Å². The predicted octanol–water partition coefficient (Wildman–Crippen LogP) is 2.36. The molecule has 1 aromatic heterocycles. The van der Waals surface area contributed by atoms with Crippen molar-refractivity contribution in [3.8, 4) is 0 Å². The maximum absolute atomic E-state index is 12.4. The minimum Gasteiger partial charge on any atom is -0.360 e. The van der Waals surface area contributed by atoms with E-state index in [4.69, 9.17) is 4.52 Å². The highest BCUT2D eigenvalue weighted by Gasteiger charge is 2.28. The SMILES string of the molecule is Cc1noc(C)c1S(=O)(=O)NC(C)C(=O)Nc1cccc(Br)c1. The molecule has 0 aliphatic carbocycles. The van der Waals surface area contributed by atoms with Crippen LogP contribution >= 0.6 is 15.9 Å². The summed E-state index contributed by atoms with van der Waals surface area (Å²) in [5.74, 6) is -0.298. The van der Waals surface area contributed by atoms with Gasteiger partial charge in [0, 0.05) is 10.2 Å². The lowest BCUT2D eigenvalue weighted by molar-refractivity contribution is -0.117. The molecule has 0 saturated carbocycles. The van der Waals surface area contributed by atoms with Crippen molar-refractivity contribution < 1.29 is 17.7 Å². The van der Waals surface area contributed by atoms with Crippen LogP contribution in [0.3, 0.4) is 0 Å². The first-order valence-corrected chi connectivity index (χ1v) is 9.00. The van der Waals surface area contributed by atoms with Crippen molar-refractivity contribution in [1.29, 1.82) is 0 Å². The highest BCUT2D eigenvalue weighted by atomic mass is 79.9. The number of amides is 1. The lowest BCUT2D eigenvalue weighted by Gasteiger charge is -2.14. The highest BCUT2D eigenvalue weighted by molar-refractivity contribution is 9.10. The van der Waals surface area contributed by atoms with Crippen LogP contribution in [0, 0.1) is 13.8 Å². The number of anilines is 1. The normalized spacial score (nSPS) is 12.9. The van der Waals surface area contributed by atoms with Crippen LogP contribution in [-0.2, 0) is 14.8 Å². The number of hydrogen-bond acceptors (Lipinski definition) is 5. The van der Waals surface area contributed by atoms with Crippen LogP contribution < -0.4 is 10.0 Å². The number of carbonyl (C=O) groups is 1. The summed E-state index contributed by atoms with van der Waals surface area (Å²) in [6.07, 6.45) is 0. The number of sulfonamides is 1. The van der Waals surface area contributed by atoms with Gasteiger partial charge in [0.25, 0.3) is 0 Å². The fourth-order valence-corrected chi connectivity index (χ4v) is 3.95. The largest absolute Gasteiger partial charge is 0.360 e. The van der Waals surface area contributed by atoms with Crippen molar-refractivity contribution in [2.45, 2.75) is 31.7 Å². The summed E-state index contributed by atoms with van der Waals surface area (Å²) < 4.78 is 32.7. The Morgan fingerprint density at radius 2 is 2.04 bits per heavy atom. The van der Waals surface area contributed by atoms with Crippen molar-refractivity contribution in [2.75, 3.05) is 5.32 Å². The predicted molar refractivity (Wildman–Crippen MR) is 88.5 cm³/mol. The Morgan fingerprint density at radius 3 is 2.61 bits per heavy atom. The van der Waals surface area contributed by atoms with Gasteiger partial charge in [-0.1, -0.05) is 27.2 Å². The van der Waals surface area contributed by atoms with Crippen molar-refractivity contribution in [3.05, 3.63) is 40.2 Å². The maximum atomic E-state index is 12.4. The molecule has 1 atom stereocenters. The number of halogens is 1. The molecule has 124 valence electrons. The second-order valence-corrected chi connectivity index (χ2v) is 7.56. The van der Waals surface area contributed by atoms with Gasteiger partial charge in [-0.15, -0.1) is 0 Å². The summed E-state index contributed by atoms with van der Waals surface area (Å²) in [4.78, 5) is 12.1. The van der Waals surface area contributed by atoms with Crippen molar-refractivity contribution in [2.24, 2.45) is 0 Å². The zero-order valence-corrected chi connectivity index (χ0v) is 15.2. The highest BCUT2D eigenvalue weighted by Crippen LogP contribution is 2.19. The molecule has 1 aromatic carbocycles. The first kappa shape index (κ1) is 17.6. The minimum absolute atomic E-state index is 0.0420. The zero-order valence-electron chi connectivity index (χ0n) is 12.8. The van der Waals surface area contributed by atoms with Crippen molar-refractivity contribution in [3.63, 3.8) is 0 Å². The van der Waals surface area contributed by atoms with Crippen LogP contribution in [0.1, 0.15) is 18.4 Å². The number of rotatable bonds is 5. The van der Waals surface area contributed by atoms with E-state index < -0.39 is 22.0 Å². The topological polar surface area (TPSA) is 101 Å². The molecular formula is C14H16BrN3O4S. The molecule has 0 bridgehead atoms. The number of nitrogens with zero attached hydrogens (tertiary/aromatic N) is 1. The monoisotopic (exact) mass is 401 g/mol. The quantitative estimate of drug-likeness (QED) is 0.800. The minimum atomic E-state index is -3.90. The van der Waals surface area contributed by atoms with Gasteiger partial charge in [0.05, 0.1) is 6.04 Å². The maximum Gasteiger partial charge on any atom is 0.246 e. The van der Waals surface area contributed by atoms with Crippen molar-refractivity contribution >= 4 is 37.5 Å². The molecule has 1 heterocycles. The molecule has 0 spiro atoms. The summed E-state index contributed by atoms with van der Waals surface area (Å²) >= 11 is 3.30. The van der Waals surface area contributed by atoms with E-state index in [1.165, 1.54) is 20.8 Å². The van der Waals surface area contributed by atoms with E-state index in [1.807, 2.05) is 6.07 Å². The summed E-state index contributed by atoms with van der Waals surface area (Å²) in [7, 11) is -3.90. The summed E-state index contributed by atoms with van der Waals surface area (Å²) in [6.45, 7) is 4.49. The first-order valence-electron chi connectivity index (χ1n) is 6.72. The van der Waals surface area contributed by atoms with E-state index in [1.54, 1.807) is 18.2 Å². The van der Waals surface area contributed by atoms with Gasteiger partial charge in [-0.2, -0.15) is 4.72 Å². The molecule has 0 radical (unpaired) electrons. The lowest BCUT2D eigenvalue weighted by Crippen LogP contribution is -2.41. The van der Waals surface area contributed by atoms with Gasteiger partial charge in [-0.3, -0.25) is 4.79 Å².